The van der Waals surface area contributed by atoms with Crippen molar-refractivity contribution in [3.8, 4) is 0 Å². The first-order valence-corrected chi connectivity index (χ1v) is 6.25. The van der Waals surface area contributed by atoms with Crippen LogP contribution in [0.4, 0.5) is 5.69 Å². The molecule has 1 aromatic carbocycles. The van der Waals surface area contributed by atoms with E-state index in [9.17, 15) is 0 Å². The first kappa shape index (κ1) is 11.2. The molecule has 2 heteroatoms. The lowest BCUT2D eigenvalue weighted by molar-refractivity contribution is 0.686. The molecule has 0 unspecified atom stereocenters. The van der Waals surface area contributed by atoms with E-state index in [0.717, 1.165) is 30.8 Å². The average Bonchev–Trinajstić information content (AvgIpc) is 2.30. The van der Waals surface area contributed by atoms with Crippen LogP contribution in [0.3, 0.4) is 0 Å². The van der Waals surface area contributed by atoms with E-state index in [-0.39, 0.29) is 0 Å². The summed E-state index contributed by atoms with van der Waals surface area (Å²) < 4.78 is 0. The smallest absolute Gasteiger partial charge is 0.0996 e. The Morgan fingerprint density at radius 2 is 2.12 bits per heavy atom. The van der Waals surface area contributed by atoms with Gasteiger partial charge in [0, 0.05) is 6.42 Å². The second-order valence-electron chi connectivity index (χ2n) is 4.48. The summed E-state index contributed by atoms with van der Waals surface area (Å²) in [4.78, 5) is 4.56. The van der Waals surface area contributed by atoms with E-state index in [1.54, 1.807) is 0 Å². The number of aryl methyl sites for hydroxylation is 1. The third kappa shape index (κ3) is 2.43. The molecule has 86 valence electrons. The van der Waals surface area contributed by atoms with E-state index in [0.29, 0.717) is 0 Å². The minimum Gasteiger partial charge on any atom is -0.387 e. The molecule has 2 rings (SSSR count). The number of nitrogens with two attached hydrogens (primary N) is 1. The number of hydrogen-bond acceptors (Lipinski definition) is 1. The van der Waals surface area contributed by atoms with Crippen LogP contribution in [-0.4, -0.2) is 5.84 Å². The Morgan fingerprint density at radius 3 is 2.94 bits per heavy atom. The van der Waals surface area contributed by atoms with E-state index < -0.39 is 0 Å². The van der Waals surface area contributed by atoms with Gasteiger partial charge in [-0.1, -0.05) is 19.1 Å². The van der Waals surface area contributed by atoms with Crippen LogP contribution in [0, 0.1) is 0 Å². The number of rotatable bonds is 3. The van der Waals surface area contributed by atoms with Crippen molar-refractivity contribution in [1.82, 2.24) is 0 Å². The van der Waals surface area contributed by atoms with Crippen LogP contribution in [-0.2, 0) is 12.8 Å². The minimum atomic E-state index is 0.765. The van der Waals surface area contributed by atoms with E-state index >= 15 is 0 Å². The maximum absolute atomic E-state index is 5.90. The standard InChI is InChI=1S/C14H20N2/c1-2-6-14(15)16-13-10-5-8-11-7-3-4-9-12(11)13/h5,8,10H,2-4,6-7,9H2,1H3,(H2,15,16). The molecule has 0 bridgehead atoms. The SMILES string of the molecule is CCCC(N)=Nc1cccc2c1CCCC2. The number of aliphatic imine (C=N–C) groups is 1. The summed E-state index contributed by atoms with van der Waals surface area (Å²) in [5.74, 6) is 0.765. The molecule has 1 aliphatic carbocycles. The first-order valence-electron chi connectivity index (χ1n) is 6.25. The van der Waals surface area contributed by atoms with Gasteiger partial charge in [-0.3, -0.25) is 0 Å². The van der Waals surface area contributed by atoms with Gasteiger partial charge in [-0.2, -0.15) is 0 Å². The fraction of sp³-hybridized carbons (Fsp3) is 0.500. The monoisotopic (exact) mass is 216 g/mol. The topological polar surface area (TPSA) is 38.4 Å². The number of amidine groups is 1. The molecule has 0 fully saturated rings. The van der Waals surface area contributed by atoms with Crippen molar-refractivity contribution < 1.29 is 0 Å². The fourth-order valence-electron chi connectivity index (χ4n) is 2.33. The predicted molar refractivity (Wildman–Crippen MR) is 69.3 cm³/mol. The van der Waals surface area contributed by atoms with Crippen molar-refractivity contribution in [1.29, 1.82) is 0 Å². The van der Waals surface area contributed by atoms with Crippen LogP contribution >= 0.6 is 0 Å². The average molecular weight is 216 g/mol. The zero-order chi connectivity index (χ0) is 11.4. The normalized spacial score (nSPS) is 15.9. The predicted octanol–water partition coefficient (Wildman–Crippen LogP) is 3.35. The summed E-state index contributed by atoms with van der Waals surface area (Å²) in [6.45, 7) is 2.13. The van der Waals surface area contributed by atoms with Crippen LogP contribution in [0.25, 0.3) is 0 Å². The Morgan fingerprint density at radius 1 is 1.31 bits per heavy atom. The molecule has 0 heterocycles. The van der Waals surface area contributed by atoms with Crippen LogP contribution < -0.4 is 5.73 Å². The second kappa shape index (κ2) is 5.15. The molecule has 2 N–H and O–H groups in total. The van der Waals surface area contributed by atoms with Crippen LogP contribution in [0.15, 0.2) is 23.2 Å². The number of hydrogen-bond donors (Lipinski definition) is 1. The highest BCUT2D eigenvalue weighted by Gasteiger charge is 2.12. The van der Waals surface area contributed by atoms with Gasteiger partial charge in [-0.05, 0) is 49.3 Å². The van der Waals surface area contributed by atoms with Crippen LogP contribution in [0.1, 0.15) is 43.7 Å². The summed E-state index contributed by atoms with van der Waals surface area (Å²) in [7, 11) is 0. The molecule has 0 aliphatic heterocycles. The summed E-state index contributed by atoms with van der Waals surface area (Å²) in [5.41, 5.74) is 9.89. The highest BCUT2D eigenvalue weighted by Crippen LogP contribution is 2.29. The lowest BCUT2D eigenvalue weighted by Crippen LogP contribution is -2.11. The van der Waals surface area contributed by atoms with Gasteiger partial charge < -0.3 is 5.73 Å². The second-order valence-corrected chi connectivity index (χ2v) is 4.48. The molecule has 0 amide bonds. The van der Waals surface area contributed by atoms with Gasteiger partial charge in [0.05, 0.1) is 11.5 Å². The van der Waals surface area contributed by atoms with Crippen molar-refractivity contribution in [3.63, 3.8) is 0 Å². The summed E-state index contributed by atoms with van der Waals surface area (Å²) in [5, 5.41) is 0. The fourth-order valence-corrected chi connectivity index (χ4v) is 2.33. The zero-order valence-corrected chi connectivity index (χ0v) is 10.00. The number of nitrogens with zero attached hydrogens (tertiary/aromatic N) is 1. The van der Waals surface area contributed by atoms with Gasteiger partial charge in [0.1, 0.15) is 0 Å². The lowest BCUT2D eigenvalue weighted by atomic mass is 9.90. The molecule has 0 atom stereocenters. The molecule has 2 nitrogen and oxygen atoms in total. The molecular formula is C14H20N2. The number of benzene rings is 1. The van der Waals surface area contributed by atoms with Gasteiger partial charge in [0.25, 0.3) is 0 Å². The molecule has 1 aromatic rings. The van der Waals surface area contributed by atoms with Gasteiger partial charge in [-0.15, -0.1) is 0 Å². The zero-order valence-electron chi connectivity index (χ0n) is 10.00. The van der Waals surface area contributed by atoms with Gasteiger partial charge in [-0.25, -0.2) is 4.99 Å². The quantitative estimate of drug-likeness (QED) is 0.610. The molecule has 0 saturated carbocycles. The van der Waals surface area contributed by atoms with Gasteiger partial charge in [0.15, 0.2) is 0 Å². The molecule has 1 aliphatic rings. The van der Waals surface area contributed by atoms with E-state index in [4.69, 9.17) is 5.73 Å². The Balaban J connectivity index is 2.30. The minimum absolute atomic E-state index is 0.765. The van der Waals surface area contributed by atoms with Crippen molar-refractivity contribution >= 4 is 11.5 Å². The van der Waals surface area contributed by atoms with Gasteiger partial charge >= 0.3 is 0 Å². The van der Waals surface area contributed by atoms with Crippen LogP contribution in [0.2, 0.25) is 0 Å². The van der Waals surface area contributed by atoms with Gasteiger partial charge in [0.2, 0.25) is 0 Å². The molecule has 0 aromatic heterocycles. The molecule has 16 heavy (non-hydrogen) atoms. The van der Waals surface area contributed by atoms with Crippen molar-refractivity contribution in [3.05, 3.63) is 29.3 Å². The summed E-state index contributed by atoms with van der Waals surface area (Å²) in [6, 6.07) is 6.42. The number of fused-ring (bicyclic) bond motifs is 1. The lowest BCUT2D eigenvalue weighted by Gasteiger charge is -2.17. The Labute approximate surface area is 97.6 Å². The Kier molecular flexibility index (Phi) is 3.60. The summed E-state index contributed by atoms with van der Waals surface area (Å²) in [6.07, 6.45) is 6.91. The maximum atomic E-state index is 5.90. The highest BCUT2D eigenvalue weighted by molar-refractivity contribution is 5.83. The highest BCUT2D eigenvalue weighted by atomic mass is 14.9. The maximum Gasteiger partial charge on any atom is 0.0996 e. The first-order chi connectivity index (χ1) is 7.81. The Hall–Kier alpha value is -1.31. The molecular weight excluding hydrogens is 196 g/mol. The van der Waals surface area contributed by atoms with Crippen LogP contribution in [0.5, 0.6) is 0 Å². The largest absolute Gasteiger partial charge is 0.387 e. The molecule has 0 radical (unpaired) electrons. The van der Waals surface area contributed by atoms with Crippen molar-refractivity contribution in [2.75, 3.05) is 0 Å². The third-order valence-electron chi connectivity index (χ3n) is 3.14. The Bertz CT molecular complexity index is 394. The molecule has 0 saturated heterocycles. The molecule has 0 spiro atoms. The van der Waals surface area contributed by atoms with E-state index in [2.05, 4.69) is 30.1 Å². The summed E-state index contributed by atoms with van der Waals surface area (Å²) >= 11 is 0. The van der Waals surface area contributed by atoms with E-state index in [1.165, 1.54) is 30.4 Å². The van der Waals surface area contributed by atoms with E-state index in [1.807, 2.05) is 0 Å². The van der Waals surface area contributed by atoms with Crippen molar-refractivity contribution in [2.24, 2.45) is 10.7 Å². The van der Waals surface area contributed by atoms with Crippen molar-refractivity contribution in [2.45, 2.75) is 45.4 Å². The third-order valence-corrected chi connectivity index (χ3v) is 3.14.